The fourth-order valence-corrected chi connectivity index (χ4v) is 2.23. The van der Waals surface area contributed by atoms with E-state index in [2.05, 4.69) is 64.1 Å². The van der Waals surface area contributed by atoms with Gasteiger partial charge in [-0.2, -0.15) is 24.1 Å². The summed E-state index contributed by atoms with van der Waals surface area (Å²) in [4.78, 5) is 0. The summed E-state index contributed by atoms with van der Waals surface area (Å²) < 4.78 is 0. The molecule has 4 heteroatoms. The minimum absolute atomic E-state index is 0. The minimum atomic E-state index is 0. The predicted octanol–water partition coefficient (Wildman–Crippen LogP) is 7.06. The smallest absolute Gasteiger partial charge is 0.677 e. The molecule has 0 saturated carbocycles. The molecule has 1 aliphatic carbocycles. The largest absolute Gasteiger partial charge is 2.00 e. The van der Waals surface area contributed by atoms with Crippen LogP contribution in [0, 0.1) is 5.92 Å². The van der Waals surface area contributed by atoms with Crippen LogP contribution >= 0.6 is 24.8 Å². The Balaban J connectivity index is -0.000000444. The van der Waals surface area contributed by atoms with Crippen LogP contribution in [0.3, 0.4) is 0 Å². The van der Waals surface area contributed by atoms with Crippen molar-refractivity contribution in [3.8, 4) is 0 Å². The maximum Gasteiger partial charge on any atom is 2.00 e. The molecule has 0 saturated heterocycles. The second kappa shape index (κ2) is 15.4. The number of halogens is 2. The van der Waals surface area contributed by atoms with Gasteiger partial charge < -0.3 is 5.73 Å². The van der Waals surface area contributed by atoms with Gasteiger partial charge in [-0.25, -0.2) is 0 Å². The van der Waals surface area contributed by atoms with Crippen molar-refractivity contribution in [3.63, 3.8) is 0 Å². The third-order valence-corrected chi connectivity index (χ3v) is 3.39. The van der Waals surface area contributed by atoms with Gasteiger partial charge in [-0.15, -0.1) is 42.5 Å². The summed E-state index contributed by atoms with van der Waals surface area (Å²) in [5, 5.41) is 0. The van der Waals surface area contributed by atoms with Gasteiger partial charge >= 0.3 is 21.7 Å². The second-order valence-corrected chi connectivity index (χ2v) is 5.47. The normalized spacial score (nSPS) is 11.5. The summed E-state index contributed by atoms with van der Waals surface area (Å²) in [5.74, 6) is 1.39. The number of nitrogens with one attached hydrogen (secondary N) is 1. The number of rotatable bonds is 4. The summed E-state index contributed by atoms with van der Waals surface area (Å²) in [6, 6.07) is 8.66. The van der Waals surface area contributed by atoms with E-state index in [0.29, 0.717) is 6.54 Å². The zero-order chi connectivity index (χ0) is 15.0. The van der Waals surface area contributed by atoms with E-state index >= 15 is 0 Å². The maximum absolute atomic E-state index is 6.60. The second-order valence-electron chi connectivity index (χ2n) is 5.47. The summed E-state index contributed by atoms with van der Waals surface area (Å²) >= 11 is 0. The zero-order valence-corrected chi connectivity index (χ0v) is 17.8. The van der Waals surface area contributed by atoms with E-state index < -0.39 is 0 Å². The molecule has 0 fully saturated rings. The van der Waals surface area contributed by atoms with Gasteiger partial charge in [0.05, 0.1) is 0 Å². The minimum Gasteiger partial charge on any atom is -0.677 e. The first-order valence-electron chi connectivity index (χ1n) is 7.52. The van der Waals surface area contributed by atoms with Crippen molar-refractivity contribution in [2.75, 3.05) is 6.54 Å². The van der Waals surface area contributed by atoms with Crippen LogP contribution in [0.4, 0.5) is 0 Å². The van der Waals surface area contributed by atoms with E-state index in [1.807, 2.05) is 0 Å². The van der Waals surface area contributed by atoms with Crippen LogP contribution < -0.4 is 0 Å². The van der Waals surface area contributed by atoms with Crippen molar-refractivity contribution in [3.05, 3.63) is 64.8 Å². The average Bonchev–Trinajstić information content (AvgIpc) is 2.87. The van der Waals surface area contributed by atoms with Crippen molar-refractivity contribution < 1.29 is 21.7 Å². The Morgan fingerprint density at radius 2 is 1.74 bits per heavy atom. The van der Waals surface area contributed by atoms with Gasteiger partial charge in [-0.05, 0) is 13.3 Å². The van der Waals surface area contributed by atoms with Crippen LogP contribution in [-0.2, 0) is 21.7 Å². The summed E-state index contributed by atoms with van der Waals surface area (Å²) in [6.45, 7) is 9.20. The van der Waals surface area contributed by atoms with Crippen molar-refractivity contribution in [1.29, 1.82) is 0 Å². The summed E-state index contributed by atoms with van der Waals surface area (Å²) in [6.07, 6.45) is 7.87. The van der Waals surface area contributed by atoms with E-state index in [4.69, 9.17) is 5.73 Å². The van der Waals surface area contributed by atoms with Gasteiger partial charge in [0.25, 0.3) is 0 Å². The van der Waals surface area contributed by atoms with Crippen molar-refractivity contribution in [1.82, 2.24) is 0 Å². The first kappa shape index (κ1) is 27.7. The number of unbranched alkanes of at least 4 members (excludes halogenated alkanes) is 1. The van der Waals surface area contributed by atoms with Crippen LogP contribution in [0.15, 0.2) is 42.0 Å². The quantitative estimate of drug-likeness (QED) is 0.388. The van der Waals surface area contributed by atoms with Gasteiger partial charge in [-0.1, -0.05) is 63.0 Å². The third kappa shape index (κ3) is 9.64. The Labute approximate surface area is 169 Å². The Hall–Kier alpha value is -0.176. The molecule has 128 valence electrons. The molecule has 1 aromatic carbocycles. The molecule has 1 nitrogen and oxygen atoms in total. The van der Waals surface area contributed by atoms with Crippen molar-refractivity contribution >= 4 is 30.4 Å². The molecule has 0 unspecified atom stereocenters. The van der Waals surface area contributed by atoms with E-state index in [1.165, 1.54) is 28.2 Å². The van der Waals surface area contributed by atoms with Crippen LogP contribution in [0.25, 0.3) is 11.3 Å². The summed E-state index contributed by atoms with van der Waals surface area (Å²) in [5.41, 5.74) is 12.2. The molecule has 0 amide bonds. The number of allylic oxidation sites excluding steroid dienone is 4. The predicted molar refractivity (Wildman–Crippen MR) is 105 cm³/mol. The molecule has 0 bridgehead atoms. The number of benzene rings is 1. The Morgan fingerprint density at radius 3 is 2.13 bits per heavy atom. The van der Waals surface area contributed by atoms with E-state index in [9.17, 15) is 0 Å². The Morgan fingerprint density at radius 1 is 1.13 bits per heavy atom. The van der Waals surface area contributed by atoms with Gasteiger partial charge in [-0.3, -0.25) is 0 Å². The van der Waals surface area contributed by atoms with Crippen LogP contribution in [0.1, 0.15) is 58.1 Å². The molecule has 0 spiro atoms. The van der Waals surface area contributed by atoms with Gasteiger partial charge in [0, 0.05) is 0 Å². The van der Waals surface area contributed by atoms with Gasteiger partial charge in [0.2, 0.25) is 0 Å². The SMILES string of the molecule is CC1=CCC(c2ccccc2[C-](C)C)=C1.CCCC[NH-].Cl.Cl.[Ti+2]. The van der Waals surface area contributed by atoms with Crippen LogP contribution in [0.2, 0.25) is 0 Å². The van der Waals surface area contributed by atoms with E-state index in [1.54, 1.807) is 0 Å². The Bertz CT molecular complexity index is 480. The molecule has 1 aromatic rings. The zero-order valence-electron chi connectivity index (χ0n) is 14.6. The van der Waals surface area contributed by atoms with Gasteiger partial charge in [0.1, 0.15) is 0 Å². The first-order valence-corrected chi connectivity index (χ1v) is 7.52. The third-order valence-electron chi connectivity index (χ3n) is 3.39. The topological polar surface area (TPSA) is 23.8 Å². The molecular weight excluding hydrogens is 361 g/mol. The summed E-state index contributed by atoms with van der Waals surface area (Å²) in [7, 11) is 0. The molecule has 0 atom stereocenters. The fourth-order valence-electron chi connectivity index (χ4n) is 2.23. The molecular formula is C19H29Cl2NTi. The van der Waals surface area contributed by atoms with E-state index in [0.717, 1.165) is 19.3 Å². The molecule has 23 heavy (non-hydrogen) atoms. The molecule has 1 N–H and O–H groups in total. The van der Waals surface area contributed by atoms with Crippen molar-refractivity contribution in [2.45, 2.75) is 47.0 Å². The molecule has 0 aliphatic heterocycles. The standard InChI is InChI=1S/C15H17.C4H10N.2ClH.Ti/c1-11(2)14-6-4-5-7-15(14)13-9-8-12(3)10-13;1-2-3-4-5;;;/h4-8,10H,9H2,1-3H3;5H,2-4H2,1H3;2*1H;/q2*-1;;;+2. The molecule has 2 rings (SSSR count). The van der Waals surface area contributed by atoms with Gasteiger partial charge in [0.15, 0.2) is 0 Å². The maximum atomic E-state index is 6.60. The van der Waals surface area contributed by atoms with Crippen LogP contribution in [0.5, 0.6) is 0 Å². The molecule has 0 radical (unpaired) electrons. The average molecular weight is 390 g/mol. The van der Waals surface area contributed by atoms with E-state index in [-0.39, 0.29) is 46.5 Å². The monoisotopic (exact) mass is 389 g/mol. The number of hydrogen-bond acceptors (Lipinski definition) is 0. The molecule has 1 aliphatic rings. The fraction of sp³-hybridized carbons (Fsp3) is 0.421. The molecule has 0 heterocycles. The molecule has 0 aromatic heterocycles. The first-order chi connectivity index (χ1) is 9.60. The van der Waals surface area contributed by atoms with Crippen molar-refractivity contribution in [2.24, 2.45) is 0 Å². The number of hydrogen-bond donors (Lipinski definition) is 0. The van der Waals surface area contributed by atoms with Crippen LogP contribution in [-0.4, -0.2) is 6.54 Å². The Kier molecular flexibility index (Phi) is 18.5.